The molecule has 2 amide bonds. The number of nitrogens with one attached hydrogen (secondary N) is 2. The summed E-state index contributed by atoms with van der Waals surface area (Å²) in [6, 6.07) is 15.3. The molecule has 0 atom stereocenters. The molecular formula is C19H14N4O4. The van der Waals surface area contributed by atoms with E-state index in [1.165, 1.54) is 30.6 Å². The van der Waals surface area contributed by atoms with Gasteiger partial charge < -0.3 is 10.6 Å². The minimum absolute atomic E-state index is 0.0475. The Morgan fingerprint density at radius 1 is 0.852 bits per heavy atom. The van der Waals surface area contributed by atoms with Gasteiger partial charge in [0.25, 0.3) is 17.5 Å². The maximum absolute atomic E-state index is 12.4. The smallest absolute Gasteiger partial charge is 0.282 e. The van der Waals surface area contributed by atoms with E-state index in [-0.39, 0.29) is 17.2 Å². The van der Waals surface area contributed by atoms with E-state index in [9.17, 15) is 19.7 Å². The van der Waals surface area contributed by atoms with Crippen LogP contribution in [-0.2, 0) is 0 Å². The van der Waals surface area contributed by atoms with E-state index < -0.39 is 10.8 Å². The van der Waals surface area contributed by atoms with Crippen molar-refractivity contribution in [3.05, 3.63) is 94.3 Å². The zero-order valence-corrected chi connectivity index (χ0v) is 14.0. The quantitative estimate of drug-likeness (QED) is 0.532. The lowest BCUT2D eigenvalue weighted by atomic mass is 10.1. The van der Waals surface area contributed by atoms with Crippen LogP contribution < -0.4 is 10.6 Å². The first kappa shape index (κ1) is 17.7. The van der Waals surface area contributed by atoms with Gasteiger partial charge in [0.15, 0.2) is 0 Å². The lowest BCUT2D eigenvalue weighted by molar-refractivity contribution is -0.385. The fraction of sp³-hybridized carbons (Fsp3) is 0. The third-order valence-electron chi connectivity index (χ3n) is 3.67. The molecule has 0 radical (unpaired) electrons. The second-order valence-electron chi connectivity index (χ2n) is 5.50. The minimum atomic E-state index is -0.611. The average molecular weight is 362 g/mol. The van der Waals surface area contributed by atoms with Crippen LogP contribution in [0.4, 0.5) is 17.1 Å². The van der Waals surface area contributed by atoms with Crippen LogP contribution in [0.15, 0.2) is 73.1 Å². The van der Waals surface area contributed by atoms with Crippen LogP contribution in [0.3, 0.4) is 0 Å². The Kier molecular flexibility index (Phi) is 5.17. The van der Waals surface area contributed by atoms with Crippen molar-refractivity contribution in [3.8, 4) is 0 Å². The Labute approximate surface area is 154 Å². The second-order valence-corrected chi connectivity index (χ2v) is 5.50. The predicted octanol–water partition coefficient (Wildman–Crippen LogP) is 3.49. The molecule has 0 saturated heterocycles. The minimum Gasteiger partial charge on any atom is -0.322 e. The number of aromatic nitrogens is 1. The third kappa shape index (κ3) is 4.31. The van der Waals surface area contributed by atoms with Crippen LogP contribution in [0.5, 0.6) is 0 Å². The molecule has 0 aliphatic heterocycles. The van der Waals surface area contributed by atoms with Gasteiger partial charge in [-0.15, -0.1) is 0 Å². The van der Waals surface area contributed by atoms with Gasteiger partial charge in [0.1, 0.15) is 5.56 Å². The largest absolute Gasteiger partial charge is 0.322 e. The molecule has 1 heterocycles. The fourth-order valence-electron chi connectivity index (χ4n) is 2.40. The molecule has 0 aliphatic rings. The summed E-state index contributed by atoms with van der Waals surface area (Å²) in [4.78, 5) is 38.9. The SMILES string of the molecule is O=C(Nc1cccc(NC(=O)c2ccccc2[N+](=O)[O-])c1)c1ccncc1. The summed E-state index contributed by atoms with van der Waals surface area (Å²) in [5.74, 6) is -0.931. The van der Waals surface area contributed by atoms with Crippen molar-refractivity contribution < 1.29 is 14.5 Å². The number of anilines is 2. The standard InChI is InChI=1S/C19H14N4O4/c24-18(13-8-10-20-11-9-13)21-14-4-3-5-15(12-14)22-19(25)16-6-1-2-7-17(16)23(26)27/h1-12H,(H,21,24)(H,22,25). The van der Waals surface area contributed by atoms with Crippen molar-refractivity contribution >= 4 is 28.9 Å². The molecule has 2 N–H and O–H groups in total. The normalized spacial score (nSPS) is 10.1. The highest BCUT2D eigenvalue weighted by molar-refractivity contribution is 6.08. The van der Waals surface area contributed by atoms with E-state index in [2.05, 4.69) is 15.6 Å². The van der Waals surface area contributed by atoms with Gasteiger partial charge >= 0.3 is 0 Å². The summed E-state index contributed by atoms with van der Waals surface area (Å²) in [6.45, 7) is 0. The number of nitro groups is 1. The first-order chi connectivity index (χ1) is 13.0. The zero-order valence-electron chi connectivity index (χ0n) is 14.0. The summed E-state index contributed by atoms with van der Waals surface area (Å²) >= 11 is 0. The molecule has 27 heavy (non-hydrogen) atoms. The topological polar surface area (TPSA) is 114 Å². The first-order valence-corrected chi connectivity index (χ1v) is 7.91. The molecule has 0 saturated carbocycles. The molecule has 0 bridgehead atoms. The number of pyridine rings is 1. The number of carbonyl (C=O) groups excluding carboxylic acids is 2. The Morgan fingerprint density at radius 2 is 1.48 bits per heavy atom. The molecule has 0 unspecified atom stereocenters. The molecule has 0 spiro atoms. The van der Waals surface area contributed by atoms with E-state index in [0.717, 1.165) is 0 Å². The highest BCUT2D eigenvalue weighted by Gasteiger charge is 2.19. The number of amides is 2. The van der Waals surface area contributed by atoms with Crippen LogP contribution in [0.25, 0.3) is 0 Å². The Morgan fingerprint density at radius 3 is 2.15 bits per heavy atom. The van der Waals surface area contributed by atoms with Gasteiger partial charge in [-0.2, -0.15) is 0 Å². The molecule has 1 aromatic heterocycles. The lowest BCUT2D eigenvalue weighted by Gasteiger charge is -2.09. The highest BCUT2D eigenvalue weighted by atomic mass is 16.6. The number of nitro benzene ring substituents is 1. The van der Waals surface area contributed by atoms with Crippen LogP contribution in [0.1, 0.15) is 20.7 Å². The predicted molar refractivity (Wildman–Crippen MR) is 99.7 cm³/mol. The maximum Gasteiger partial charge on any atom is 0.282 e. The molecule has 0 aliphatic carbocycles. The summed E-state index contributed by atoms with van der Waals surface area (Å²) in [5.41, 5.74) is 0.980. The van der Waals surface area contributed by atoms with Gasteiger partial charge in [-0.25, -0.2) is 0 Å². The summed E-state index contributed by atoms with van der Waals surface area (Å²) in [5, 5.41) is 16.4. The number of carbonyl (C=O) groups is 2. The molecule has 8 nitrogen and oxygen atoms in total. The van der Waals surface area contributed by atoms with Crippen molar-refractivity contribution in [2.75, 3.05) is 10.6 Å². The van der Waals surface area contributed by atoms with E-state index >= 15 is 0 Å². The van der Waals surface area contributed by atoms with Crippen molar-refractivity contribution in [1.82, 2.24) is 4.98 Å². The molecule has 8 heteroatoms. The van der Waals surface area contributed by atoms with E-state index in [4.69, 9.17) is 0 Å². The fourth-order valence-corrected chi connectivity index (χ4v) is 2.40. The molecule has 3 rings (SSSR count). The van der Waals surface area contributed by atoms with Gasteiger partial charge in [0, 0.05) is 35.4 Å². The average Bonchev–Trinajstić information content (AvgIpc) is 2.69. The Balaban J connectivity index is 1.76. The van der Waals surface area contributed by atoms with Gasteiger partial charge in [-0.1, -0.05) is 18.2 Å². The second kappa shape index (κ2) is 7.87. The van der Waals surface area contributed by atoms with Crippen molar-refractivity contribution in [2.24, 2.45) is 0 Å². The van der Waals surface area contributed by atoms with E-state index in [1.807, 2.05) is 0 Å². The van der Waals surface area contributed by atoms with Gasteiger partial charge in [0.05, 0.1) is 4.92 Å². The maximum atomic E-state index is 12.4. The highest BCUT2D eigenvalue weighted by Crippen LogP contribution is 2.21. The Hall–Kier alpha value is -4.07. The van der Waals surface area contributed by atoms with Gasteiger partial charge in [-0.3, -0.25) is 24.7 Å². The number of benzene rings is 2. The lowest BCUT2D eigenvalue weighted by Crippen LogP contribution is -2.15. The van der Waals surface area contributed by atoms with Gasteiger partial charge in [0.2, 0.25) is 0 Å². The molecule has 134 valence electrons. The molecule has 2 aromatic carbocycles. The summed E-state index contributed by atoms with van der Waals surface area (Å²) in [6.07, 6.45) is 3.02. The van der Waals surface area contributed by atoms with Crippen LogP contribution >= 0.6 is 0 Å². The third-order valence-corrected chi connectivity index (χ3v) is 3.67. The van der Waals surface area contributed by atoms with Crippen LogP contribution in [0.2, 0.25) is 0 Å². The van der Waals surface area contributed by atoms with Crippen LogP contribution in [-0.4, -0.2) is 21.7 Å². The van der Waals surface area contributed by atoms with E-state index in [0.29, 0.717) is 16.9 Å². The van der Waals surface area contributed by atoms with Gasteiger partial charge in [-0.05, 0) is 36.4 Å². The summed E-state index contributed by atoms with van der Waals surface area (Å²) in [7, 11) is 0. The van der Waals surface area contributed by atoms with Crippen molar-refractivity contribution in [3.63, 3.8) is 0 Å². The van der Waals surface area contributed by atoms with Crippen molar-refractivity contribution in [1.29, 1.82) is 0 Å². The number of hydrogen-bond acceptors (Lipinski definition) is 5. The number of rotatable bonds is 5. The van der Waals surface area contributed by atoms with Crippen molar-refractivity contribution in [2.45, 2.75) is 0 Å². The zero-order chi connectivity index (χ0) is 19.2. The van der Waals surface area contributed by atoms with E-state index in [1.54, 1.807) is 42.5 Å². The summed E-state index contributed by atoms with van der Waals surface area (Å²) < 4.78 is 0. The number of para-hydroxylation sites is 1. The molecule has 0 fully saturated rings. The molecule has 3 aromatic rings. The number of nitrogens with zero attached hydrogens (tertiary/aromatic N) is 2. The monoisotopic (exact) mass is 362 g/mol. The number of hydrogen-bond donors (Lipinski definition) is 2. The Bertz CT molecular complexity index is 1010. The first-order valence-electron chi connectivity index (χ1n) is 7.91. The molecular weight excluding hydrogens is 348 g/mol. The van der Waals surface area contributed by atoms with Crippen LogP contribution in [0, 0.1) is 10.1 Å².